The maximum absolute atomic E-state index is 13.3. The highest BCUT2D eigenvalue weighted by molar-refractivity contribution is 5.92. The molecular weight excluding hydrogens is 343 g/mol. The van der Waals surface area contributed by atoms with Gasteiger partial charge < -0.3 is 15.3 Å². The Morgan fingerprint density at radius 3 is 2.48 bits per heavy atom. The van der Waals surface area contributed by atoms with Crippen LogP contribution in [-0.2, 0) is 0 Å². The van der Waals surface area contributed by atoms with Gasteiger partial charge in [-0.25, -0.2) is 19.3 Å². The van der Waals surface area contributed by atoms with Crippen molar-refractivity contribution in [1.82, 2.24) is 30.2 Å². The van der Waals surface area contributed by atoms with Crippen LogP contribution in [0.4, 0.5) is 4.39 Å². The number of aromatic amines is 2. The van der Waals surface area contributed by atoms with Crippen LogP contribution in [0.15, 0.2) is 36.9 Å². The van der Waals surface area contributed by atoms with Crippen molar-refractivity contribution in [3.63, 3.8) is 0 Å². The summed E-state index contributed by atoms with van der Waals surface area (Å²) in [6, 6.07) is 3.33. The number of pyridine rings is 1. The molecule has 0 bridgehead atoms. The third-order valence-electron chi connectivity index (χ3n) is 4.25. The van der Waals surface area contributed by atoms with E-state index in [4.69, 9.17) is 0 Å². The van der Waals surface area contributed by atoms with E-state index in [0.29, 0.717) is 16.9 Å². The number of nitrogens with zero attached hydrogens (tertiary/aromatic N) is 3. The largest absolute Gasteiger partial charge is 0.346 e. The van der Waals surface area contributed by atoms with Gasteiger partial charge in [0.1, 0.15) is 17.1 Å². The molecular formula is C20H25FN6. The van der Waals surface area contributed by atoms with Crippen LogP contribution in [0.3, 0.4) is 0 Å². The van der Waals surface area contributed by atoms with Crippen LogP contribution < -0.4 is 5.32 Å². The Morgan fingerprint density at radius 1 is 0.963 bits per heavy atom. The molecule has 0 atom stereocenters. The van der Waals surface area contributed by atoms with Crippen LogP contribution in [0.2, 0.25) is 0 Å². The fraction of sp³-hybridized carbons (Fsp3) is 0.350. The average molecular weight is 368 g/mol. The van der Waals surface area contributed by atoms with Crippen LogP contribution >= 0.6 is 0 Å². The number of piperidine rings is 1. The van der Waals surface area contributed by atoms with Gasteiger partial charge in [-0.05, 0) is 38.1 Å². The molecule has 5 heterocycles. The van der Waals surface area contributed by atoms with E-state index < -0.39 is 0 Å². The molecule has 3 N–H and O–H groups in total. The molecule has 0 saturated carbocycles. The number of hydrogen-bond donors (Lipinski definition) is 3. The number of fused-ring (bicyclic) bond motifs is 2. The third kappa shape index (κ3) is 4.49. The first-order valence-electron chi connectivity index (χ1n) is 9.45. The van der Waals surface area contributed by atoms with Gasteiger partial charge in [-0.1, -0.05) is 20.3 Å². The molecule has 0 spiro atoms. The minimum atomic E-state index is -0.380. The lowest BCUT2D eigenvalue weighted by molar-refractivity contribution is 0.520. The lowest BCUT2D eigenvalue weighted by Gasteiger charge is -2.08. The van der Waals surface area contributed by atoms with E-state index in [9.17, 15) is 4.39 Å². The summed E-state index contributed by atoms with van der Waals surface area (Å²) in [5, 5.41) is 4.89. The Labute approximate surface area is 157 Å². The highest BCUT2D eigenvalue weighted by atomic mass is 19.1. The second-order valence-corrected chi connectivity index (χ2v) is 6.04. The molecule has 1 fully saturated rings. The van der Waals surface area contributed by atoms with Crippen molar-refractivity contribution in [2.24, 2.45) is 0 Å². The zero-order valence-corrected chi connectivity index (χ0v) is 15.7. The molecule has 0 aromatic carbocycles. The summed E-state index contributed by atoms with van der Waals surface area (Å²) >= 11 is 0. The average Bonchev–Trinajstić information content (AvgIpc) is 3.37. The molecule has 142 valence electrons. The fourth-order valence-corrected chi connectivity index (χ4v) is 2.93. The van der Waals surface area contributed by atoms with E-state index in [1.54, 1.807) is 18.6 Å². The van der Waals surface area contributed by atoms with Crippen LogP contribution in [0.1, 0.15) is 33.1 Å². The summed E-state index contributed by atoms with van der Waals surface area (Å²) in [6.45, 7) is 6.50. The molecule has 0 amide bonds. The fourth-order valence-electron chi connectivity index (χ4n) is 2.93. The van der Waals surface area contributed by atoms with E-state index in [2.05, 4.69) is 30.2 Å². The summed E-state index contributed by atoms with van der Waals surface area (Å²) in [5.41, 5.74) is 2.11. The number of H-pyrrole nitrogens is 2. The Morgan fingerprint density at radius 2 is 1.78 bits per heavy atom. The van der Waals surface area contributed by atoms with E-state index >= 15 is 0 Å². The van der Waals surface area contributed by atoms with Crippen molar-refractivity contribution in [3.05, 3.63) is 42.7 Å². The first kappa shape index (κ1) is 19.0. The summed E-state index contributed by atoms with van der Waals surface area (Å²) < 4.78 is 13.3. The highest BCUT2D eigenvalue weighted by Crippen LogP contribution is 2.26. The van der Waals surface area contributed by atoms with Gasteiger partial charge in [0, 0.05) is 34.9 Å². The first-order chi connectivity index (χ1) is 13.3. The first-order valence-corrected chi connectivity index (χ1v) is 9.45. The third-order valence-corrected chi connectivity index (χ3v) is 4.25. The second kappa shape index (κ2) is 9.23. The number of hydrogen-bond acceptors (Lipinski definition) is 4. The Balaban J connectivity index is 0.000000223. The molecule has 0 aliphatic carbocycles. The number of rotatable bonds is 1. The van der Waals surface area contributed by atoms with Crippen LogP contribution in [-0.4, -0.2) is 38.0 Å². The molecule has 27 heavy (non-hydrogen) atoms. The number of nitrogens with one attached hydrogen (secondary N) is 3. The van der Waals surface area contributed by atoms with Gasteiger partial charge in [0.05, 0.1) is 6.20 Å². The number of aromatic nitrogens is 5. The quantitative estimate of drug-likeness (QED) is 0.464. The Hall–Kier alpha value is -2.80. The topological polar surface area (TPSA) is 82.3 Å². The maximum atomic E-state index is 13.3. The lowest BCUT2D eigenvalue weighted by Crippen LogP contribution is -2.21. The molecule has 7 heteroatoms. The van der Waals surface area contributed by atoms with Crippen molar-refractivity contribution in [3.8, 4) is 11.4 Å². The predicted molar refractivity (Wildman–Crippen MR) is 107 cm³/mol. The Bertz CT molecular complexity index is 975. The monoisotopic (exact) mass is 368 g/mol. The van der Waals surface area contributed by atoms with Crippen molar-refractivity contribution in [2.45, 2.75) is 33.1 Å². The smallest absolute Gasteiger partial charge is 0.163 e. The zero-order chi connectivity index (χ0) is 19.1. The molecule has 5 rings (SSSR count). The van der Waals surface area contributed by atoms with Crippen LogP contribution in [0.5, 0.6) is 0 Å². The Kier molecular flexibility index (Phi) is 6.49. The molecule has 6 nitrogen and oxygen atoms in total. The summed E-state index contributed by atoms with van der Waals surface area (Å²) in [7, 11) is 0. The van der Waals surface area contributed by atoms with E-state index in [-0.39, 0.29) is 5.82 Å². The van der Waals surface area contributed by atoms with Gasteiger partial charge in [-0.2, -0.15) is 0 Å². The predicted octanol–water partition coefficient (Wildman–Crippen LogP) is 4.43. The summed E-state index contributed by atoms with van der Waals surface area (Å²) in [5.74, 6) is 0.155. The van der Waals surface area contributed by atoms with Crippen molar-refractivity contribution in [2.75, 3.05) is 13.1 Å². The summed E-state index contributed by atoms with van der Waals surface area (Å²) in [6.07, 6.45) is 10.7. The summed E-state index contributed by atoms with van der Waals surface area (Å²) in [4.78, 5) is 18.7. The molecule has 1 aliphatic rings. The van der Waals surface area contributed by atoms with Gasteiger partial charge in [0.2, 0.25) is 0 Å². The van der Waals surface area contributed by atoms with Gasteiger partial charge >= 0.3 is 0 Å². The minimum absolute atomic E-state index is 0.380. The van der Waals surface area contributed by atoms with E-state index in [1.807, 2.05) is 19.9 Å². The lowest BCUT2D eigenvalue weighted by atomic mass is 10.2. The molecule has 0 unspecified atom stereocenters. The highest BCUT2D eigenvalue weighted by Gasteiger charge is 2.11. The van der Waals surface area contributed by atoms with Gasteiger partial charge in [0.15, 0.2) is 5.82 Å². The molecule has 0 radical (unpaired) electrons. The normalized spacial score (nSPS) is 13.6. The standard InChI is InChI=1S/C13H8FN5.C5H11N.C2H6/c14-8-3-9-10(6-18-12(9)17-5-8)13-16-4-7-1-2-15-11(7)19-13;1-2-4-6-5-3-1;1-2/h1-6H,(H,17,18)(H,15,16,19);6H,1-5H2;1-2H3. The van der Waals surface area contributed by atoms with Crippen LogP contribution in [0.25, 0.3) is 33.5 Å². The maximum Gasteiger partial charge on any atom is 0.163 e. The van der Waals surface area contributed by atoms with Crippen molar-refractivity contribution < 1.29 is 4.39 Å². The van der Waals surface area contributed by atoms with Crippen molar-refractivity contribution >= 4 is 22.1 Å². The van der Waals surface area contributed by atoms with Gasteiger partial charge in [-0.15, -0.1) is 0 Å². The van der Waals surface area contributed by atoms with Gasteiger partial charge in [-0.3, -0.25) is 0 Å². The SMILES string of the molecule is C1CCNCC1.CC.Fc1cnc2[nH]cc(-c3ncc4cc[nH]c4n3)c2c1. The number of halogens is 1. The minimum Gasteiger partial charge on any atom is -0.346 e. The molecule has 4 aromatic rings. The molecule has 1 saturated heterocycles. The van der Waals surface area contributed by atoms with Gasteiger partial charge in [0.25, 0.3) is 0 Å². The van der Waals surface area contributed by atoms with E-state index in [0.717, 1.165) is 16.6 Å². The van der Waals surface area contributed by atoms with Crippen molar-refractivity contribution in [1.29, 1.82) is 0 Å². The molecule has 1 aliphatic heterocycles. The second-order valence-electron chi connectivity index (χ2n) is 6.04. The zero-order valence-electron chi connectivity index (χ0n) is 15.7. The van der Waals surface area contributed by atoms with E-state index in [1.165, 1.54) is 44.6 Å². The molecule has 4 aromatic heterocycles. The van der Waals surface area contributed by atoms with Crippen LogP contribution in [0, 0.1) is 5.82 Å².